The lowest BCUT2D eigenvalue weighted by Crippen LogP contribution is -2.14. The molecule has 0 saturated carbocycles. The molecule has 23 heavy (non-hydrogen) atoms. The van der Waals surface area contributed by atoms with E-state index in [1.165, 1.54) is 0 Å². The van der Waals surface area contributed by atoms with E-state index in [1.54, 1.807) is 12.1 Å². The number of benzene rings is 2. The van der Waals surface area contributed by atoms with E-state index in [2.05, 4.69) is 32.6 Å². The Bertz CT molecular complexity index is 882. The summed E-state index contributed by atoms with van der Waals surface area (Å²) in [5.41, 5.74) is 9.40. The highest BCUT2D eigenvalue weighted by Crippen LogP contribution is 2.30. The molecule has 0 saturated heterocycles. The number of hydrogen-bond donors (Lipinski definition) is 2. The number of halogens is 1. The monoisotopic (exact) mass is 372 g/mol. The Hall–Kier alpha value is -2.27. The van der Waals surface area contributed by atoms with Gasteiger partial charge in [-0.3, -0.25) is 4.79 Å². The smallest absolute Gasteiger partial charge is 0.221 e. The first-order chi connectivity index (χ1) is 11.0. The van der Waals surface area contributed by atoms with Crippen molar-refractivity contribution < 1.29 is 9.90 Å². The molecule has 5 heteroatoms. The largest absolute Gasteiger partial charge is 0.508 e. The molecule has 118 valence electrons. The molecule has 0 unspecified atom stereocenters. The van der Waals surface area contributed by atoms with Crippen LogP contribution in [-0.2, 0) is 17.8 Å². The van der Waals surface area contributed by atoms with E-state index < -0.39 is 0 Å². The van der Waals surface area contributed by atoms with E-state index in [0.717, 1.165) is 32.2 Å². The Morgan fingerprint density at radius 2 is 1.91 bits per heavy atom. The Morgan fingerprint density at radius 3 is 2.57 bits per heavy atom. The molecule has 0 atom stereocenters. The normalized spacial score (nSPS) is 11.0. The molecule has 4 nitrogen and oxygen atoms in total. The first-order valence-electron chi connectivity index (χ1n) is 7.29. The minimum absolute atomic E-state index is 0.166. The maximum absolute atomic E-state index is 11.4. The highest BCUT2D eigenvalue weighted by Gasteiger charge is 2.16. The molecule has 3 N–H and O–H groups in total. The van der Waals surface area contributed by atoms with Gasteiger partial charge in [-0.05, 0) is 48.4 Å². The predicted molar refractivity (Wildman–Crippen MR) is 94.5 cm³/mol. The minimum Gasteiger partial charge on any atom is -0.508 e. The number of hydrogen-bond acceptors (Lipinski definition) is 2. The number of fused-ring (bicyclic) bond motifs is 1. The Kier molecular flexibility index (Phi) is 4.13. The van der Waals surface area contributed by atoms with Gasteiger partial charge in [0.1, 0.15) is 5.75 Å². The number of phenols is 1. The van der Waals surface area contributed by atoms with Gasteiger partial charge in [-0.25, -0.2) is 0 Å². The fourth-order valence-electron chi connectivity index (χ4n) is 2.91. The molecule has 1 amide bonds. The number of rotatable bonds is 4. The van der Waals surface area contributed by atoms with Crippen LogP contribution in [0.25, 0.3) is 10.9 Å². The molecule has 0 spiro atoms. The fourth-order valence-corrected chi connectivity index (χ4v) is 3.18. The van der Waals surface area contributed by atoms with Gasteiger partial charge >= 0.3 is 0 Å². The summed E-state index contributed by atoms with van der Waals surface area (Å²) in [6, 6.07) is 13.4. The molecule has 1 heterocycles. The first kappa shape index (κ1) is 15.6. The van der Waals surface area contributed by atoms with Gasteiger partial charge in [0, 0.05) is 27.6 Å². The molecular weight excluding hydrogens is 356 g/mol. The Balaban J connectivity index is 2.14. The molecule has 0 aliphatic heterocycles. The molecule has 0 aliphatic rings. The molecular formula is C18H17BrN2O2. The summed E-state index contributed by atoms with van der Waals surface area (Å²) < 4.78 is 3.19. The topological polar surface area (TPSA) is 68.2 Å². The zero-order valence-electron chi connectivity index (χ0n) is 12.7. The van der Waals surface area contributed by atoms with E-state index in [1.807, 2.05) is 25.1 Å². The first-order valence-corrected chi connectivity index (χ1v) is 8.08. The second-order valence-electron chi connectivity index (χ2n) is 5.62. The number of primary amides is 1. The summed E-state index contributed by atoms with van der Waals surface area (Å²) in [6.45, 7) is 2.67. The van der Waals surface area contributed by atoms with Crippen molar-refractivity contribution in [2.45, 2.75) is 19.9 Å². The second-order valence-corrected chi connectivity index (χ2v) is 6.54. The summed E-state index contributed by atoms with van der Waals surface area (Å²) in [7, 11) is 0. The highest BCUT2D eigenvalue weighted by atomic mass is 79.9. The number of nitrogens with zero attached hydrogens (tertiary/aromatic N) is 1. The zero-order valence-corrected chi connectivity index (χ0v) is 14.3. The van der Waals surface area contributed by atoms with Crippen molar-refractivity contribution in [2.24, 2.45) is 5.73 Å². The highest BCUT2D eigenvalue weighted by molar-refractivity contribution is 9.10. The number of aromatic hydroxyl groups is 1. The van der Waals surface area contributed by atoms with Gasteiger partial charge in [0.25, 0.3) is 0 Å². The number of phenolic OH excluding ortho intramolecular Hbond substituents is 1. The summed E-state index contributed by atoms with van der Waals surface area (Å²) >= 11 is 3.44. The quantitative estimate of drug-likeness (QED) is 0.735. The van der Waals surface area contributed by atoms with Crippen molar-refractivity contribution in [2.75, 3.05) is 0 Å². The predicted octanol–water partition coefficient (Wildman–Crippen LogP) is 3.49. The number of carbonyl (C=O) groups is 1. The van der Waals surface area contributed by atoms with E-state index in [9.17, 15) is 9.90 Å². The van der Waals surface area contributed by atoms with Crippen LogP contribution in [0.2, 0.25) is 0 Å². The van der Waals surface area contributed by atoms with Crippen molar-refractivity contribution >= 4 is 32.7 Å². The molecule has 3 aromatic rings. The lowest BCUT2D eigenvalue weighted by Gasteiger charge is -2.09. The van der Waals surface area contributed by atoms with Crippen molar-refractivity contribution in [1.29, 1.82) is 0 Å². The van der Waals surface area contributed by atoms with Crippen molar-refractivity contribution in [3.05, 3.63) is 63.8 Å². The average Bonchev–Trinajstić information content (AvgIpc) is 2.74. The van der Waals surface area contributed by atoms with E-state index in [0.29, 0.717) is 6.54 Å². The number of nitrogens with two attached hydrogens (primary N) is 1. The SMILES string of the molecule is Cc1c(CC(N)=O)c2cc(O)ccc2n1Cc1ccc(Br)cc1. The van der Waals surface area contributed by atoms with Gasteiger partial charge in [0.15, 0.2) is 0 Å². The molecule has 0 fully saturated rings. The van der Waals surface area contributed by atoms with Crippen molar-refractivity contribution in [1.82, 2.24) is 4.57 Å². The molecule has 0 aliphatic carbocycles. The lowest BCUT2D eigenvalue weighted by atomic mass is 10.1. The van der Waals surface area contributed by atoms with Gasteiger partial charge in [0.05, 0.1) is 6.42 Å². The molecule has 1 aromatic heterocycles. The van der Waals surface area contributed by atoms with Crippen LogP contribution in [0, 0.1) is 6.92 Å². The van der Waals surface area contributed by atoms with Crippen LogP contribution in [0.15, 0.2) is 46.9 Å². The van der Waals surface area contributed by atoms with Crippen LogP contribution in [-0.4, -0.2) is 15.6 Å². The summed E-state index contributed by atoms with van der Waals surface area (Å²) in [5, 5.41) is 10.7. The third-order valence-corrected chi connectivity index (χ3v) is 4.57. The van der Waals surface area contributed by atoms with Gasteiger partial charge in [-0.2, -0.15) is 0 Å². The van der Waals surface area contributed by atoms with Gasteiger partial charge in [-0.15, -0.1) is 0 Å². The summed E-state index contributed by atoms with van der Waals surface area (Å²) in [4.78, 5) is 11.4. The Morgan fingerprint density at radius 1 is 1.22 bits per heavy atom. The molecule has 0 radical (unpaired) electrons. The number of amides is 1. The standard InChI is InChI=1S/C18H17BrN2O2/c1-11-15(9-18(20)23)16-8-14(22)6-7-17(16)21(11)10-12-2-4-13(19)5-3-12/h2-8,22H,9-10H2,1H3,(H2,20,23). The minimum atomic E-state index is -0.376. The van der Waals surface area contributed by atoms with Crippen LogP contribution in [0.1, 0.15) is 16.8 Å². The van der Waals surface area contributed by atoms with Gasteiger partial charge in [-0.1, -0.05) is 28.1 Å². The number of carbonyl (C=O) groups excluding carboxylic acids is 1. The molecule has 3 rings (SSSR count). The summed E-state index contributed by atoms with van der Waals surface area (Å²) in [5.74, 6) is -0.192. The van der Waals surface area contributed by atoms with Crippen LogP contribution < -0.4 is 5.73 Å². The maximum Gasteiger partial charge on any atom is 0.221 e. The van der Waals surface area contributed by atoms with Crippen LogP contribution in [0.3, 0.4) is 0 Å². The van der Waals surface area contributed by atoms with E-state index >= 15 is 0 Å². The summed E-state index contributed by atoms with van der Waals surface area (Å²) in [6.07, 6.45) is 0.166. The average molecular weight is 373 g/mol. The van der Waals surface area contributed by atoms with Gasteiger partial charge in [0.2, 0.25) is 5.91 Å². The second kappa shape index (κ2) is 6.08. The Labute approximate surface area is 142 Å². The third-order valence-electron chi connectivity index (χ3n) is 4.04. The van der Waals surface area contributed by atoms with Crippen molar-refractivity contribution in [3.63, 3.8) is 0 Å². The van der Waals surface area contributed by atoms with Crippen LogP contribution in [0.5, 0.6) is 5.75 Å². The molecule has 0 bridgehead atoms. The lowest BCUT2D eigenvalue weighted by molar-refractivity contribution is -0.117. The zero-order chi connectivity index (χ0) is 16.6. The van der Waals surface area contributed by atoms with Gasteiger partial charge < -0.3 is 15.4 Å². The fraction of sp³-hybridized carbons (Fsp3) is 0.167. The maximum atomic E-state index is 11.4. The third kappa shape index (κ3) is 3.10. The van der Waals surface area contributed by atoms with Crippen LogP contribution >= 0.6 is 15.9 Å². The molecule has 2 aromatic carbocycles. The van der Waals surface area contributed by atoms with E-state index in [-0.39, 0.29) is 18.1 Å². The van der Waals surface area contributed by atoms with Crippen LogP contribution in [0.4, 0.5) is 0 Å². The van der Waals surface area contributed by atoms with E-state index in [4.69, 9.17) is 5.73 Å². The number of aromatic nitrogens is 1. The van der Waals surface area contributed by atoms with Crippen molar-refractivity contribution in [3.8, 4) is 5.75 Å².